The molecule has 0 aromatic heterocycles. The summed E-state index contributed by atoms with van der Waals surface area (Å²) in [7, 11) is 1.47. The number of hydrogen-bond donors (Lipinski definition) is 2. The number of carbonyl (C=O) groups excluding carboxylic acids is 1. The van der Waals surface area contributed by atoms with E-state index < -0.39 is 12.1 Å². The van der Waals surface area contributed by atoms with Gasteiger partial charge in [-0.3, -0.25) is 9.59 Å². The molecule has 0 aliphatic rings. The van der Waals surface area contributed by atoms with Crippen molar-refractivity contribution < 1.29 is 19.4 Å². The Morgan fingerprint density at radius 3 is 2.47 bits per heavy atom. The third-order valence-electron chi connectivity index (χ3n) is 2.76. The van der Waals surface area contributed by atoms with Crippen molar-refractivity contribution in [1.82, 2.24) is 5.32 Å². The van der Waals surface area contributed by atoms with Gasteiger partial charge in [0, 0.05) is 19.6 Å². The maximum Gasteiger partial charge on any atom is 0.303 e. The van der Waals surface area contributed by atoms with Gasteiger partial charge in [-0.05, 0) is 18.9 Å². The van der Waals surface area contributed by atoms with Crippen molar-refractivity contribution in [3.63, 3.8) is 0 Å². The molecule has 1 aromatic carbocycles. The molecule has 0 spiro atoms. The van der Waals surface area contributed by atoms with Crippen LogP contribution in [0.1, 0.15) is 31.4 Å². The second-order valence-electron chi connectivity index (χ2n) is 4.37. The number of hydrogen-bond acceptors (Lipinski definition) is 3. The third-order valence-corrected chi connectivity index (χ3v) is 2.76. The highest BCUT2D eigenvalue weighted by Gasteiger charge is 2.21. The summed E-state index contributed by atoms with van der Waals surface area (Å²) in [5.74, 6) is -1.13. The van der Waals surface area contributed by atoms with Crippen molar-refractivity contribution >= 4 is 11.9 Å². The lowest BCUT2D eigenvalue weighted by Gasteiger charge is -2.19. The van der Waals surface area contributed by atoms with Gasteiger partial charge in [0.25, 0.3) is 5.91 Å². The molecule has 0 radical (unpaired) electrons. The van der Waals surface area contributed by atoms with Gasteiger partial charge in [0.1, 0.15) is 0 Å². The van der Waals surface area contributed by atoms with Gasteiger partial charge in [0.05, 0.1) is 0 Å². The highest BCUT2D eigenvalue weighted by Crippen LogP contribution is 2.16. The Balaban J connectivity index is 2.57. The first-order valence-electron chi connectivity index (χ1n) is 6.14. The maximum absolute atomic E-state index is 12.0. The lowest BCUT2D eigenvalue weighted by atomic mass is 10.1. The first-order chi connectivity index (χ1) is 9.04. The molecule has 2 atom stereocenters. The normalized spacial score (nSPS) is 13.6. The van der Waals surface area contributed by atoms with Crippen molar-refractivity contribution in [2.75, 3.05) is 7.11 Å². The van der Waals surface area contributed by atoms with Crippen molar-refractivity contribution in [3.05, 3.63) is 35.9 Å². The fourth-order valence-electron chi connectivity index (χ4n) is 1.75. The number of carboxylic acid groups (broad SMARTS) is 1. The van der Waals surface area contributed by atoms with Gasteiger partial charge in [-0.15, -0.1) is 0 Å². The van der Waals surface area contributed by atoms with Crippen LogP contribution < -0.4 is 5.32 Å². The summed E-state index contributed by atoms with van der Waals surface area (Å²) in [6, 6.07) is 8.96. The minimum Gasteiger partial charge on any atom is -0.481 e. The van der Waals surface area contributed by atoms with E-state index in [1.54, 1.807) is 6.92 Å². The smallest absolute Gasteiger partial charge is 0.303 e. The molecule has 5 heteroatoms. The van der Waals surface area contributed by atoms with Crippen LogP contribution in [-0.4, -0.2) is 30.1 Å². The Morgan fingerprint density at radius 1 is 1.32 bits per heavy atom. The number of nitrogens with one attached hydrogen (secondary N) is 1. The molecule has 0 aliphatic carbocycles. The van der Waals surface area contributed by atoms with Crippen LogP contribution in [-0.2, 0) is 14.3 Å². The number of methoxy groups -OCH3 is 1. The fraction of sp³-hybridized carbons (Fsp3) is 0.429. The summed E-state index contributed by atoms with van der Waals surface area (Å²) in [6.45, 7) is 1.78. The van der Waals surface area contributed by atoms with Crippen molar-refractivity contribution in [1.29, 1.82) is 0 Å². The molecule has 0 fully saturated rings. The Bertz CT molecular complexity index is 419. The van der Waals surface area contributed by atoms with Gasteiger partial charge in [-0.2, -0.15) is 0 Å². The maximum atomic E-state index is 12.0. The SMILES string of the molecule is CO[C@@H](C(=O)NC(C)CCC(=O)O)c1ccccc1. The quantitative estimate of drug-likeness (QED) is 0.787. The number of amides is 1. The van der Waals surface area contributed by atoms with Gasteiger partial charge in [0.15, 0.2) is 6.10 Å². The second kappa shape index (κ2) is 7.53. The van der Waals surface area contributed by atoms with Crippen LogP contribution in [0.4, 0.5) is 0 Å². The predicted octanol–water partition coefficient (Wildman–Crippen LogP) is 1.74. The average molecular weight is 265 g/mol. The third kappa shape index (κ3) is 5.09. The van der Waals surface area contributed by atoms with Gasteiger partial charge >= 0.3 is 5.97 Å². The van der Waals surface area contributed by atoms with E-state index in [1.807, 2.05) is 30.3 Å². The van der Waals surface area contributed by atoms with E-state index in [4.69, 9.17) is 9.84 Å². The largest absolute Gasteiger partial charge is 0.481 e. The molecule has 1 rings (SSSR count). The average Bonchev–Trinajstić information content (AvgIpc) is 2.38. The van der Waals surface area contributed by atoms with E-state index in [2.05, 4.69) is 5.32 Å². The van der Waals surface area contributed by atoms with Crippen LogP contribution in [0.15, 0.2) is 30.3 Å². The van der Waals surface area contributed by atoms with E-state index in [1.165, 1.54) is 7.11 Å². The molecule has 19 heavy (non-hydrogen) atoms. The lowest BCUT2D eigenvalue weighted by molar-refractivity contribution is -0.138. The Hall–Kier alpha value is -1.88. The monoisotopic (exact) mass is 265 g/mol. The second-order valence-corrected chi connectivity index (χ2v) is 4.37. The number of rotatable bonds is 7. The van der Waals surface area contributed by atoms with Crippen LogP contribution in [0.3, 0.4) is 0 Å². The highest BCUT2D eigenvalue weighted by atomic mass is 16.5. The minimum absolute atomic E-state index is 0.0322. The van der Waals surface area contributed by atoms with E-state index in [9.17, 15) is 9.59 Å². The fourth-order valence-corrected chi connectivity index (χ4v) is 1.75. The van der Waals surface area contributed by atoms with E-state index in [0.29, 0.717) is 6.42 Å². The molecule has 104 valence electrons. The van der Waals surface area contributed by atoms with Crippen molar-refractivity contribution in [2.45, 2.75) is 31.9 Å². The Labute approximate surface area is 112 Å². The first kappa shape index (κ1) is 15.2. The van der Waals surface area contributed by atoms with Gasteiger partial charge < -0.3 is 15.2 Å². The topological polar surface area (TPSA) is 75.6 Å². The van der Waals surface area contributed by atoms with E-state index in [0.717, 1.165) is 5.56 Å². The zero-order chi connectivity index (χ0) is 14.3. The van der Waals surface area contributed by atoms with Crippen LogP contribution in [0.2, 0.25) is 0 Å². The molecule has 0 bridgehead atoms. The summed E-state index contributed by atoms with van der Waals surface area (Å²) >= 11 is 0. The zero-order valence-corrected chi connectivity index (χ0v) is 11.1. The standard InChI is InChI=1S/C14H19NO4/c1-10(8-9-12(16)17)15-14(18)13(19-2)11-6-4-3-5-7-11/h3-7,10,13H,8-9H2,1-2H3,(H,15,18)(H,16,17)/t10?,13-/m1/s1. The predicted molar refractivity (Wildman–Crippen MR) is 70.7 cm³/mol. The molecule has 0 aliphatic heterocycles. The Kier molecular flexibility index (Phi) is 6.02. The molecular formula is C14H19NO4. The minimum atomic E-state index is -0.868. The molecule has 2 N–H and O–H groups in total. The molecule has 0 heterocycles. The molecule has 0 saturated heterocycles. The van der Waals surface area contributed by atoms with E-state index in [-0.39, 0.29) is 18.4 Å². The molecule has 5 nitrogen and oxygen atoms in total. The number of aliphatic carboxylic acids is 1. The summed E-state index contributed by atoms with van der Waals surface area (Å²) in [5.41, 5.74) is 0.771. The first-order valence-corrected chi connectivity index (χ1v) is 6.14. The van der Waals surface area contributed by atoms with Gasteiger partial charge in [-0.25, -0.2) is 0 Å². The molecule has 1 amide bonds. The molecule has 1 aromatic rings. The zero-order valence-electron chi connectivity index (χ0n) is 11.1. The summed E-state index contributed by atoms with van der Waals surface area (Å²) < 4.78 is 5.20. The van der Waals surface area contributed by atoms with Crippen LogP contribution in [0.25, 0.3) is 0 Å². The number of benzene rings is 1. The number of carboxylic acids is 1. The van der Waals surface area contributed by atoms with Gasteiger partial charge in [-0.1, -0.05) is 30.3 Å². The molecule has 0 saturated carbocycles. The number of carbonyl (C=O) groups is 2. The highest BCUT2D eigenvalue weighted by molar-refractivity contribution is 5.82. The lowest BCUT2D eigenvalue weighted by Crippen LogP contribution is -2.37. The van der Waals surface area contributed by atoms with E-state index >= 15 is 0 Å². The van der Waals surface area contributed by atoms with Crippen molar-refractivity contribution in [2.24, 2.45) is 0 Å². The summed E-state index contributed by atoms with van der Waals surface area (Å²) in [5, 5.41) is 11.3. The van der Waals surface area contributed by atoms with Crippen molar-refractivity contribution in [3.8, 4) is 0 Å². The van der Waals surface area contributed by atoms with Crippen LogP contribution >= 0.6 is 0 Å². The Morgan fingerprint density at radius 2 is 1.95 bits per heavy atom. The number of ether oxygens (including phenoxy) is 1. The van der Waals surface area contributed by atoms with Gasteiger partial charge in [0.2, 0.25) is 0 Å². The summed E-state index contributed by atoms with van der Waals surface area (Å²) in [6.07, 6.45) is -0.245. The van der Waals surface area contributed by atoms with Crippen LogP contribution in [0.5, 0.6) is 0 Å². The molecule has 1 unspecified atom stereocenters. The molecular weight excluding hydrogens is 246 g/mol. The van der Waals surface area contributed by atoms with Crippen LogP contribution in [0, 0.1) is 0 Å². The summed E-state index contributed by atoms with van der Waals surface area (Å²) in [4.78, 5) is 22.5.